The predicted octanol–water partition coefficient (Wildman–Crippen LogP) is 3.09. The van der Waals surface area contributed by atoms with Gasteiger partial charge in [0, 0.05) is 18.1 Å². The average molecular weight is 328 g/mol. The second-order valence-electron chi connectivity index (χ2n) is 4.94. The first kappa shape index (κ1) is 15.4. The molecule has 3 rings (SSSR count). The Kier molecular flexibility index (Phi) is 4.83. The summed E-state index contributed by atoms with van der Waals surface area (Å²) >= 11 is 1.73. The van der Waals surface area contributed by atoms with Crippen LogP contribution in [0.15, 0.2) is 63.8 Å². The van der Waals surface area contributed by atoms with Crippen LogP contribution in [0, 0.1) is 0 Å². The van der Waals surface area contributed by atoms with Crippen LogP contribution in [0.25, 0.3) is 11.1 Å². The molecule has 0 saturated heterocycles. The van der Waals surface area contributed by atoms with E-state index in [0.29, 0.717) is 17.6 Å². The molecule has 1 amide bonds. The normalized spacial score (nSPS) is 10.8. The molecule has 0 unspecified atom stereocenters. The third-order valence-electron chi connectivity index (χ3n) is 3.32. The zero-order chi connectivity index (χ0) is 16.1. The minimum absolute atomic E-state index is 0.408. The largest absolute Gasteiger partial charge is 0.428 e. The third kappa shape index (κ3) is 3.65. The molecule has 3 aromatic rings. The minimum Gasteiger partial charge on any atom is -0.407 e. The number of hydrogen-bond donors (Lipinski definition) is 1. The van der Waals surface area contributed by atoms with E-state index >= 15 is 0 Å². The van der Waals surface area contributed by atoms with Crippen molar-refractivity contribution in [2.45, 2.75) is 5.75 Å². The molecule has 2 aromatic carbocycles. The van der Waals surface area contributed by atoms with Gasteiger partial charge in [0.1, 0.15) is 0 Å². The number of hydrogen-bond acceptors (Lipinski definition) is 4. The zero-order valence-corrected chi connectivity index (χ0v) is 13.2. The summed E-state index contributed by atoms with van der Waals surface area (Å²) in [5.41, 5.74) is 2.14. The maximum atomic E-state index is 12.2. The Morgan fingerprint density at radius 1 is 1.09 bits per heavy atom. The van der Waals surface area contributed by atoms with Crippen LogP contribution in [0.3, 0.4) is 0 Å². The van der Waals surface area contributed by atoms with Crippen LogP contribution in [-0.2, 0) is 5.75 Å². The summed E-state index contributed by atoms with van der Waals surface area (Å²) < 4.78 is 6.07. The molecule has 6 heteroatoms. The standard InChI is InChI=1S/C17H16N2O3S/c20-16(18-10-11-23-12-13-6-2-1-3-7-13)19-14-8-4-5-9-15(14)22-17(19)21/h1-9H,10-12H2,(H,18,20). The second-order valence-corrected chi connectivity index (χ2v) is 6.05. The van der Waals surface area contributed by atoms with E-state index in [1.165, 1.54) is 5.56 Å². The van der Waals surface area contributed by atoms with Crippen molar-refractivity contribution in [1.82, 2.24) is 9.88 Å². The molecule has 0 aliphatic rings. The number of carbonyl (C=O) groups excluding carboxylic acids is 1. The molecule has 0 bridgehead atoms. The van der Waals surface area contributed by atoms with Gasteiger partial charge in [0.2, 0.25) is 0 Å². The highest BCUT2D eigenvalue weighted by atomic mass is 32.2. The summed E-state index contributed by atoms with van der Waals surface area (Å²) in [5.74, 6) is 0.997. The van der Waals surface area contributed by atoms with E-state index in [1.807, 2.05) is 18.2 Å². The SMILES string of the molecule is O=C(NCCSCc1ccccc1)n1c(=O)oc2ccccc21. The van der Waals surface area contributed by atoms with Crippen LogP contribution in [-0.4, -0.2) is 22.9 Å². The summed E-state index contributed by atoms with van der Waals surface area (Å²) in [7, 11) is 0. The first-order valence-electron chi connectivity index (χ1n) is 7.26. The van der Waals surface area contributed by atoms with Crippen molar-refractivity contribution in [2.24, 2.45) is 0 Å². The van der Waals surface area contributed by atoms with Crippen LogP contribution in [0.1, 0.15) is 5.56 Å². The summed E-state index contributed by atoms with van der Waals surface area (Å²) in [6, 6.07) is 16.6. The number of thioether (sulfide) groups is 1. The summed E-state index contributed by atoms with van der Waals surface area (Å²) in [4.78, 5) is 23.9. The van der Waals surface area contributed by atoms with Crippen LogP contribution in [0.4, 0.5) is 4.79 Å². The van der Waals surface area contributed by atoms with Gasteiger partial charge in [-0.15, -0.1) is 0 Å². The van der Waals surface area contributed by atoms with Gasteiger partial charge in [-0.2, -0.15) is 16.3 Å². The molecular formula is C17H16N2O3S. The van der Waals surface area contributed by atoms with E-state index < -0.39 is 11.8 Å². The van der Waals surface area contributed by atoms with Crippen molar-refractivity contribution in [3.63, 3.8) is 0 Å². The lowest BCUT2D eigenvalue weighted by molar-refractivity contribution is 0.242. The summed E-state index contributed by atoms with van der Waals surface area (Å²) in [5, 5.41) is 2.75. The van der Waals surface area contributed by atoms with Crippen molar-refractivity contribution in [2.75, 3.05) is 12.3 Å². The van der Waals surface area contributed by atoms with Crippen molar-refractivity contribution >= 4 is 28.9 Å². The number of amides is 1. The molecule has 5 nitrogen and oxygen atoms in total. The monoisotopic (exact) mass is 328 g/mol. The van der Waals surface area contributed by atoms with Crippen molar-refractivity contribution < 1.29 is 9.21 Å². The molecule has 0 saturated carbocycles. The van der Waals surface area contributed by atoms with Crippen LogP contribution < -0.4 is 11.1 Å². The highest BCUT2D eigenvalue weighted by Gasteiger charge is 2.14. The molecule has 1 heterocycles. The van der Waals surface area contributed by atoms with Crippen LogP contribution in [0.2, 0.25) is 0 Å². The van der Waals surface area contributed by atoms with E-state index in [-0.39, 0.29) is 0 Å². The fourth-order valence-corrected chi connectivity index (χ4v) is 3.05. The van der Waals surface area contributed by atoms with Gasteiger partial charge in [0.15, 0.2) is 5.58 Å². The molecule has 0 atom stereocenters. The number of nitrogens with zero attached hydrogens (tertiary/aromatic N) is 1. The molecule has 0 fully saturated rings. The van der Waals surface area contributed by atoms with Crippen molar-refractivity contribution in [1.29, 1.82) is 0 Å². The Bertz CT molecular complexity index is 855. The highest BCUT2D eigenvalue weighted by Crippen LogP contribution is 2.12. The van der Waals surface area contributed by atoms with E-state index in [1.54, 1.807) is 36.0 Å². The van der Waals surface area contributed by atoms with E-state index in [0.717, 1.165) is 16.1 Å². The summed E-state index contributed by atoms with van der Waals surface area (Å²) in [6.07, 6.45) is 0. The first-order valence-corrected chi connectivity index (χ1v) is 8.41. The molecule has 118 valence electrons. The number of aromatic nitrogens is 1. The fourth-order valence-electron chi connectivity index (χ4n) is 2.23. The molecule has 0 radical (unpaired) electrons. The van der Waals surface area contributed by atoms with Gasteiger partial charge in [-0.25, -0.2) is 9.59 Å². The molecule has 1 N–H and O–H groups in total. The Balaban J connectivity index is 1.53. The third-order valence-corrected chi connectivity index (χ3v) is 4.35. The first-order chi connectivity index (χ1) is 11.3. The maximum absolute atomic E-state index is 12.2. The molecular weight excluding hydrogens is 312 g/mol. The lowest BCUT2D eigenvalue weighted by Gasteiger charge is -2.05. The van der Waals surface area contributed by atoms with Gasteiger partial charge >= 0.3 is 11.8 Å². The molecule has 1 aromatic heterocycles. The van der Waals surface area contributed by atoms with E-state index in [4.69, 9.17) is 4.42 Å². The van der Waals surface area contributed by atoms with Crippen molar-refractivity contribution in [3.05, 3.63) is 70.7 Å². The second kappa shape index (κ2) is 7.19. The molecule has 0 spiro atoms. The maximum Gasteiger partial charge on any atom is 0.428 e. The zero-order valence-electron chi connectivity index (χ0n) is 12.4. The van der Waals surface area contributed by atoms with E-state index in [2.05, 4.69) is 17.4 Å². The smallest absolute Gasteiger partial charge is 0.407 e. The Morgan fingerprint density at radius 2 is 1.83 bits per heavy atom. The lowest BCUT2D eigenvalue weighted by Crippen LogP contribution is -2.35. The Hall–Kier alpha value is -2.47. The van der Waals surface area contributed by atoms with Gasteiger partial charge < -0.3 is 9.73 Å². The van der Waals surface area contributed by atoms with Gasteiger partial charge in [0.05, 0.1) is 5.52 Å². The van der Waals surface area contributed by atoms with Gasteiger partial charge in [0.25, 0.3) is 0 Å². The Morgan fingerprint density at radius 3 is 2.65 bits per heavy atom. The van der Waals surface area contributed by atoms with Crippen LogP contribution in [0.5, 0.6) is 0 Å². The van der Waals surface area contributed by atoms with E-state index in [9.17, 15) is 9.59 Å². The molecule has 23 heavy (non-hydrogen) atoms. The molecule has 0 aliphatic heterocycles. The average Bonchev–Trinajstić information content (AvgIpc) is 2.91. The highest BCUT2D eigenvalue weighted by molar-refractivity contribution is 7.98. The van der Waals surface area contributed by atoms with Gasteiger partial charge in [-0.3, -0.25) is 0 Å². The number of oxazole rings is 1. The Labute approximate surface area is 137 Å². The topological polar surface area (TPSA) is 64.2 Å². The fraction of sp³-hybridized carbons (Fsp3) is 0.176. The number of nitrogens with one attached hydrogen (secondary N) is 1. The predicted molar refractivity (Wildman–Crippen MR) is 91.9 cm³/mol. The number of para-hydroxylation sites is 2. The minimum atomic E-state index is -0.666. The van der Waals surface area contributed by atoms with Gasteiger partial charge in [-0.05, 0) is 17.7 Å². The van der Waals surface area contributed by atoms with Gasteiger partial charge in [-0.1, -0.05) is 42.5 Å². The van der Waals surface area contributed by atoms with Crippen molar-refractivity contribution in [3.8, 4) is 0 Å². The molecule has 0 aliphatic carbocycles. The lowest BCUT2D eigenvalue weighted by atomic mass is 10.2. The number of fused-ring (bicyclic) bond motifs is 1. The number of rotatable bonds is 5. The number of carbonyl (C=O) groups is 1. The van der Waals surface area contributed by atoms with Crippen LogP contribution >= 0.6 is 11.8 Å². The summed E-state index contributed by atoms with van der Waals surface area (Å²) in [6.45, 7) is 0.488. The quantitative estimate of drug-likeness (QED) is 0.731. The number of benzene rings is 2.